The standard InChI is InChI=1S/C15H22FNO/c1-11(13-8-6-7-9-14(13)16)17(5)10-15(3,4)12(2)18/h6-9,11H,10H2,1-5H3. The highest BCUT2D eigenvalue weighted by molar-refractivity contribution is 5.81. The van der Waals surface area contributed by atoms with E-state index in [1.165, 1.54) is 6.07 Å². The van der Waals surface area contributed by atoms with E-state index in [4.69, 9.17) is 0 Å². The van der Waals surface area contributed by atoms with Crippen molar-refractivity contribution >= 4 is 5.78 Å². The molecule has 100 valence electrons. The van der Waals surface area contributed by atoms with Crippen LogP contribution in [0.5, 0.6) is 0 Å². The molecule has 0 N–H and O–H groups in total. The first-order valence-corrected chi connectivity index (χ1v) is 6.21. The molecule has 0 saturated heterocycles. The molecule has 0 aliphatic heterocycles. The van der Waals surface area contributed by atoms with E-state index in [0.29, 0.717) is 12.1 Å². The van der Waals surface area contributed by atoms with E-state index in [1.54, 1.807) is 19.1 Å². The van der Waals surface area contributed by atoms with Crippen LogP contribution in [-0.4, -0.2) is 24.3 Å². The highest BCUT2D eigenvalue weighted by atomic mass is 19.1. The largest absolute Gasteiger partial charge is 0.299 e. The second kappa shape index (κ2) is 5.61. The van der Waals surface area contributed by atoms with Crippen molar-refractivity contribution in [1.82, 2.24) is 4.90 Å². The van der Waals surface area contributed by atoms with Gasteiger partial charge in [-0.2, -0.15) is 0 Å². The van der Waals surface area contributed by atoms with Crippen LogP contribution in [0.4, 0.5) is 4.39 Å². The van der Waals surface area contributed by atoms with Gasteiger partial charge in [0.2, 0.25) is 0 Å². The molecule has 2 nitrogen and oxygen atoms in total. The second-order valence-electron chi connectivity index (χ2n) is 5.55. The number of hydrogen-bond donors (Lipinski definition) is 0. The van der Waals surface area contributed by atoms with Crippen LogP contribution in [-0.2, 0) is 4.79 Å². The van der Waals surface area contributed by atoms with Gasteiger partial charge in [-0.05, 0) is 27.0 Å². The Morgan fingerprint density at radius 3 is 2.44 bits per heavy atom. The Labute approximate surface area is 109 Å². The van der Waals surface area contributed by atoms with Gasteiger partial charge in [0.15, 0.2) is 0 Å². The number of benzene rings is 1. The maximum Gasteiger partial charge on any atom is 0.136 e. The predicted octanol–water partition coefficient (Wildman–Crippen LogP) is 3.43. The molecule has 1 atom stereocenters. The van der Waals surface area contributed by atoms with Crippen LogP contribution in [0.25, 0.3) is 0 Å². The Bertz CT molecular complexity index is 428. The minimum atomic E-state index is -0.408. The van der Waals surface area contributed by atoms with Gasteiger partial charge in [-0.25, -0.2) is 4.39 Å². The zero-order valence-corrected chi connectivity index (χ0v) is 11.8. The lowest BCUT2D eigenvalue weighted by molar-refractivity contribution is -0.125. The van der Waals surface area contributed by atoms with Gasteiger partial charge < -0.3 is 0 Å². The molecular formula is C15H22FNO. The van der Waals surface area contributed by atoms with Crippen LogP contribution in [0.3, 0.4) is 0 Å². The summed E-state index contributed by atoms with van der Waals surface area (Å²) < 4.78 is 13.7. The van der Waals surface area contributed by atoms with E-state index in [0.717, 1.165) is 0 Å². The van der Waals surface area contributed by atoms with Crippen LogP contribution in [0.1, 0.15) is 39.3 Å². The molecule has 0 saturated carbocycles. The lowest BCUT2D eigenvalue weighted by Gasteiger charge is -2.32. The van der Waals surface area contributed by atoms with E-state index in [-0.39, 0.29) is 17.6 Å². The smallest absolute Gasteiger partial charge is 0.136 e. The highest BCUT2D eigenvalue weighted by Crippen LogP contribution is 2.26. The molecule has 0 heterocycles. The molecule has 0 bridgehead atoms. The average Bonchev–Trinajstić information content (AvgIpc) is 2.28. The third-order valence-corrected chi connectivity index (χ3v) is 3.61. The number of hydrogen-bond acceptors (Lipinski definition) is 2. The number of ketones is 1. The number of carbonyl (C=O) groups excluding carboxylic acids is 1. The van der Waals surface area contributed by atoms with Crippen LogP contribution >= 0.6 is 0 Å². The fourth-order valence-corrected chi connectivity index (χ4v) is 1.92. The fraction of sp³-hybridized carbons (Fsp3) is 0.533. The molecule has 3 heteroatoms. The lowest BCUT2D eigenvalue weighted by Crippen LogP contribution is -2.37. The van der Waals surface area contributed by atoms with Crippen molar-refractivity contribution in [2.24, 2.45) is 5.41 Å². The summed E-state index contributed by atoms with van der Waals surface area (Å²) in [6, 6.07) is 6.72. The molecule has 0 aliphatic rings. The summed E-state index contributed by atoms with van der Waals surface area (Å²) in [5.74, 6) is -0.0486. The molecule has 0 aliphatic carbocycles. The zero-order valence-electron chi connectivity index (χ0n) is 11.8. The Kier molecular flexibility index (Phi) is 4.63. The molecule has 1 aromatic rings. The van der Waals surface area contributed by atoms with E-state index >= 15 is 0 Å². The van der Waals surface area contributed by atoms with Crippen LogP contribution in [0, 0.1) is 11.2 Å². The molecule has 0 amide bonds. The van der Waals surface area contributed by atoms with Crippen molar-refractivity contribution in [3.05, 3.63) is 35.6 Å². The molecule has 1 rings (SSSR count). The van der Waals surface area contributed by atoms with E-state index in [2.05, 4.69) is 0 Å². The molecule has 0 aromatic heterocycles. The quantitative estimate of drug-likeness (QED) is 0.799. The number of halogens is 1. The first kappa shape index (κ1) is 14.8. The van der Waals surface area contributed by atoms with E-state index < -0.39 is 5.41 Å². The Balaban J connectivity index is 2.83. The lowest BCUT2D eigenvalue weighted by atomic mass is 9.88. The topological polar surface area (TPSA) is 20.3 Å². The van der Waals surface area contributed by atoms with Crippen molar-refractivity contribution in [2.45, 2.75) is 33.7 Å². The number of carbonyl (C=O) groups is 1. The first-order valence-electron chi connectivity index (χ1n) is 6.21. The van der Waals surface area contributed by atoms with Gasteiger partial charge in [0, 0.05) is 23.6 Å². The molecule has 1 unspecified atom stereocenters. The van der Waals surface area contributed by atoms with Crippen LogP contribution in [0.2, 0.25) is 0 Å². The van der Waals surface area contributed by atoms with Crippen molar-refractivity contribution in [3.8, 4) is 0 Å². The number of rotatable bonds is 5. The highest BCUT2D eigenvalue weighted by Gasteiger charge is 2.27. The van der Waals surface area contributed by atoms with Gasteiger partial charge in [-0.1, -0.05) is 32.0 Å². The minimum Gasteiger partial charge on any atom is -0.299 e. The summed E-state index contributed by atoms with van der Waals surface area (Å²) in [4.78, 5) is 13.5. The van der Waals surface area contributed by atoms with E-state index in [9.17, 15) is 9.18 Å². The molecule has 0 spiro atoms. The molecule has 0 fully saturated rings. The van der Waals surface area contributed by atoms with Gasteiger partial charge in [0.25, 0.3) is 0 Å². The summed E-state index contributed by atoms with van der Waals surface area (Å²) in [7, 11) is 1.92. The Morgan fingerprint density at radius 1 is 1.39 bits per heavy atom. The minimum absolute atomic E-state index is 0.0511. The van der Waals surface area contributed by atoms with Crippen LogP contribution < -0.4 is 0 Å². The first-order chi connectivity index (χ1) is 8.25. The van der Waals surface area contributed by atoms with Crippen molar-refractivity contribution in [1.29, 1.82) is 0 Å². The molecule has 0 radical (unpaired) electrons. The fourth-order valence-electron chi connectivity index (χ4n) is 1.92. The Hall–Kier alpha value is -1.22. The molecular weight excluding hydrogens is 229 g/mol. The number of nitrogens with zero attached hydrogens (tertiary/aromatic N) is 1. The van der Waals surface area contributed by atoms with Crippen LogP contribution in [0.15, 0.2) is 24.3 Å². The van der Waals surface area contributed by atoms with Gasteiger partial charge in [0.05, 0.1) is 0 Å². The summed E-state index contributed by atoms with van der Waals surface area (Å²) in [5, 5.41) is 0. The van der Waals surface area contributed by atoms with Crippen molar-refractivity contribution in [2.75, 3.05) is 13.6 Å². The SMILES string of the molecule is CC(=O)C(C)(C)CN(C)C(C)c1ccccc1F. The summed E-state index contributed by atoms with van der Waals surface area (Å²) in [6.07, 6.45) is 0. The van der Waals surface area contributed by atoms with Gasteiger partial charge in [-0.15, -0.1) is 0 Å². The monoisotopic (exact) mass is 251 g/mol. The zero-order chi connectivity index (χ0) is 13.9. The second-order valence-corrected chi connectivity index (χ2v) is 5.55. The number of Topliss-reactive ketones (excluding diaryl/α,β-unsaturated/α-hetero) is 1. The van der Waals surface area contributed by atoms with Gasteiger partial charge in [0.1, 0.15) is 11.6 Å². The Morgan fingerprint density at radius 2 is 1.94 bits per heavy atom. The summed E-state index contributed by atoms with van der Waals surface area (Å²) in [6.45, 7) is 7.99. The van der Waals surface area contributed by atoms with Gasteiger partial charge in [-0.3, -0.25) is 9.69 Å². The van der Waals surface area contributed by atoms with Crippen molar-refractivity contribution in [3.63, 3.8) is 0 Å². The average molecular weight is 251 g/mol. The van der Waals surface area contributed by atoms with Gasteiger partial charge >= 0.3 is 0 Å². The normalized spacial score (nSPS) is 13.7. The maximum absolute atomic E-state index is 13.7. The third-order valence-electron chi connectivity index (χ3n) is 3.61. The third kappa shape index (κ3) is 3.39. The molecule has 18 heavy (non-hydrogen) atoms. The summed E-state index contributed by atoms with van der Waals surface area (Å²) >= 11 is 0. The predicted molar refractivity (Wildman–Crippen MR) is 71.9 cm³/mol. The van der Waals surface area contributed by atoms with E-state index in [1.807, 2.05) is 38.8 Å². The molecule has 1 aromatic carbocycles. The maximum atomic E-state index is 13.7. The summed E-state index contributed by atoms with van der Waals surface area (Å²) in [5.41, 5.74) is 0.258. The van der Waals surface area contributed by atoms with Crippen molar-refractivity contribution < 1.29 is 9.18 Å².